The molecule has 0 bridgehead atoms. The summed E-state index contributed by atoms with van der Waals surface area (Å²) < 4.78 is 10.3. The highest BCUT2D eigenvalue weighted by Crippen LogP contribution is 2.22. The summed E-state index contributed by atoms with van der Waals surface area (Å²) >= 11 is 0. The monoisotopic (exact) mass is 246 g/mol. The van der Waals surface area contributed by atoms with Crippen LogP contribution in [0.25, 0.3) is 11.5 Å². The van der Waals surface area contributed by atoms with E-state index in [1.165, 1.54) is 0 Å². The van der Waals surface area contributed by atoms with E-state index in [0.717, 1.165) is 0 Å². The minimum Gasteiger partial charge on any atom is -0.459 e. The van der Waals surface area contributed by atoms with Gasteiger partial charge in [0.1, 0.15) is 0 Å². The molecule has 0 atom stereocenters. The number of hydrogen-bond donors (Lipinski definition) is 0. The van der Waals surface area contributed by atoms with Gasteiger partial charge >= 0.3 is 5.97 Å². The highest BCUT2D eigenvalue weighted by Gasteiger charge is 2.18. The van der Waals surface area contributed by atoms with Crippen LogP contribution in [-0.4, -0.2) is 22.2 Å². The largest absolute Gasteiger partial charge is 0.459 e. The van der Waals surface area contributed by atoms with Gasteiger partial charge in [0.15, 0.2) is 5.82 Å². The summed E-state index contributed by atoms with van der Waals surface area (Å²) in [7, 11) is 0. The minimum absolute atomic E-state index is 0.171. The standard InChI is InChI=1S/C13H14N2O3/c1-8(2)17-13(16)11-7-5-4-6-10(11)12-14-9(3)15-18-12/h4-8H,1-3H3. The summed E-state index contributed by atoms with van der Waals surface area (Å²) in [6.07, 6.45) is -0.171. The van der Waals surface area contributed by atoms with E-state index in [1.807, 2.05) is 0 Å². The minimum atomic E-state index is -0.392. The molecule has 0 spiro atoms. The molecule has 1 aromatic carbocycles. The van der Waals surface area contributed by atoms with Gasteiger partial charge in [0.25, 0.3) is 5.89 Å². The third-order valence-corrected chi connectivity index (χ3v) is 2.25. The van der Waals surface area contributed by atoms with Crippen molar-refractivity contribution in [3.63, 3.8) is 0 Å². The van der Waals surface area contributed by atoms with Crippen molar-refractivity contribution >= 4 is 5.97 Å². The summed E-state index contributed by atoms with van der Waals surface area (Å²) in [6, 6.07) is 7.01. The Balaban J connectivity index is 2.40. The Morgan fingerprint density at radius 1 is 1.33 bits per heavy atom. The number of aromatic nitrogens is 2. The van der Waals surface area contributed by atoms with Gasteiger partial charge in [-0.3, -0.25) is 0 Å². The average Bonchev–Trinajstić information content (AvgIpc) is 2.75. The van der Waals surface area contributed by atoms with Gasteiger partial charge in [-0.25, -0.2) is 4.79 Å². The van der Waals surface area contributed by atoms with Crippen molar-refractivity contribution in [2.75, 3.05) is 0 Å². The van der Waals surface area contributed by atoms with Crippen molar-refractivity contribution in [1.29, 1.82) is 0 Å². The van der Waals surface area contributed by atoms with Gasteiger partial charge < -0.3 is 9.26 Å². The Bertz CT molecular complexity index is 561. The number of ether oxygens (including phenoxy) is 1. The molecule has 5 heteroatoms. The Kier molecular flexibility index (Phi) is 3.41. The molecule has 0 unspecified atom stereocenters. The van der Waals surface area contributed by atoms with Crippen LogP contribution >= 0.6 is 0 Å². The van der Waals surface area contributed by atoms with Crippen molar-refractivity contribution in [2.24, 2.45) is 0 Å². The molecule has 18 heavy (non-hydrogen) atoms. The zero-order valence-electron chi connectivity index (χ0n) is 10.5. The van der Waals surface area contributed by atoms with E-state index in [4.69, 9.17) is 9.26 Å². The number of hydrogen-bond acceptors (Lipinski definition) is 5. The molecule has 2 aromatic rings. The topological polar surface area (TPSA) is 65.2 Å². The molecule has 0 saturated heterocycles. The van der Waals surface area contributed by atoms with Crippen LogP contribution in [0.15, 0.2) is 28.8 Å². The van der Waals surface area contributed by atoms with Crippen LogP contribution in [0.3, 0.4) is 0 Å². The van der Waals surface area contributed by atoms with Crippen molar-refractivity contribution in [3.8, 4) is 11.5 Å². The SMILES string of the molecule is Cc1noc(-c2ccccc2C(=O)OC(C)C)n1. The average molecular weight is 246 g/mol. The van der Waals surface area contributed by atoms with Crippen LogP contribution in [0.5, 0.6) is 0 Å². The van der Waals surface area contributed by atoms with Crippen molar-refractivity contribution in [1.82, 2.24) is 10.1 Å². The molecule has 0 N–H and O–H groups in total. The van der Waals surface area contributed by atoms with Gasteiger partial charge in [0, 0.05) is 0 Å². The van der Waals surface area contributed by atoms with Crippen LogP contribution in [0.2, 0.25) is 0 Å². The predicted molar refractivity (Wildman–Crippen MR) is 65.0 cm³/mol. The van der Waals surface area contributed by atoms with Gasteiger partial charge in [0.2, 0.25) is 0 Å². The van der Waals surface area contributed by atoms with E-state index in [9.17, 15) is 4.79 Å². The normalized spacial score (nSPS) is 10.7. The Morgan fingerprint density at radius 3 is 2.67 bits per heavy atom. The molecule has 2 rings (SSSR count). The lowest BCUT2D eigenvalue weighted by Gasteiger charge is -2.09. The molecule has 0 saturated carbocycles. The number of carbonyl (C=O) groups excluding carboxylic acids is 1. The molecular formula is C13H14N2O3. The first-order valence-corrected chi connectivity index (χ1v) is 5.68. The molecule has 1 heterocycles. The lowest BCUT2D eigenvalue weighted by molar-refractivity contribution is 0.0378. The number of aryl methyl sites for hydroxylation is 1. The molecule has 5 nitrogen and oxygen atoms in total. The second kappa shape index (κ2) is 5.00. The molecule has 0 radical (unpaired) electrons. The summed E-state index contributed by atoms with van der Waals surface area (Å²) in [4.78, 5) is 16.1. The van der Waals surface area contributed by atoms with Crippen LogP contribution in [0, 0.1) is 6.92 Å². The molecule has 1 aromatic heterocycles. The van der Waals surface area contributed by atoms with Crippen LogP contribution in [0.1, 0.15) is 30.0 Å². The van der Waals surface area contributed by atoms with Gasteiger partial charge in [-0.1, -0.05) is 17.3 Å². The quantitative estimate of drug-likeness (QED) is 0.779. The van der Waals surface area contributed by atoms with Crippen LogP contribution in [-0.2, 0) is 4.74 Å². The Hall–Kier alpha value is -2.17. The third kappa shape index (κ3) is 2.56. The summed E-state index contributed by atoms with van der Waals surface area (Å²) in [5.41, 5.74) is 1.01. The molecule has 0 aliphatic carbocycles. The second-order valence-electron chi connectivity index (χ2n) is 4.15. The predicted octanol–water partition coefficient (Wildman–Crippen LogP) is 2.61. The fourth-order valence-corrected chi connectivity index (χ4v) is 1.53. The maximum absolute atomic E-state index is 11.9. The fraction of sp³-hybridized carbons (Fsp3) is 0.308. The maximum atomic E-state index is 11.9. The number of nitrogens with zero attached hydrogens (tertiary/aromatic N) is 2. The van der Waals surface area contributed by atoms with E-state index in [1.54, 1.807) is 45.0 Å². The zero-order chi connectivity index (χ0) is 13.1. The number of carbonyl (C=O) groups is 1. The first-order valence-electron chi connectivity index (χ1n) is 5.68. The van der Waals surface area contributed by atoms with E-state index in [-0.39, 0.29) is 6.10 Å². The highest BCUT2D eigenvalue weighted by atomic mass is 16.5. The van der Waals surface area contributed by atoms with Gasteiger partial charge in [-0.15, -0.1) is 0 Å². The van der Waals surface area contributed by atoms with E-state index in [0.29, 0.717) is 22.8 Å². The Morgan fingerprint density at radius 2 is 2.06 bits per heavy atom. The maximum Gasteiger partial charge on any atom is 0.339 e. The molecule has 94 valence electrons. The summed E-state index contributed by atoms with van der Waals surface area (Å²) in [5.74, 6) is 0.456. The van der Waals surface area contributed by atoms with Crippen LogP contribution < -0.4 is 0 Å². The van der Waals surface area contributed by atoms with Crippen molar-refractivity contribution in [3.05, 3.63) is 35.7 Å². The summed E-state index contributed by atoms with van der Waals surface area (Å²) in [5, 5.41) is 3.72. The molecular weight excluding hydrogens is 232 g/mol. The number of rotatable bonds is 3. The van der Waals surface area contributed by atoms with Gasteiger partial charge in [0.05, 0.1) is 17.2 Å². The lowest BCUT2D eigenvalue weighted by Crippen LogP contribution is -2.12. The van der Waals surface area contributed by atoms with E-state index < -0.39 is 5.97 Å². The first kappa shape index (κ1) is 12.3. The van der Waals surface area contributed by atoms with E-state index in [2.05, 4.69) is 10.1 Å². The van der Waals surface area contributed by atoms with Crippen molar-refractivity contribution < 1.29 is 14.1 Å². The second-order valence-corrected chi connectivity index (χ2v) is 4.15. The molecule has 0 amide bonds. The lowest BCUT2D eigenvalue weighted by atomic mass is 10.1. The summed E-state index contributed by atoms with van der Waals surface area (Å²) in [6.45, 7) is 5.33. The first-order chi connectivity index (χ1) is 8.58. The van der Waals surface area contributed by atoms with Gasteiger partial charge in [-0.05, 0) is 32.9 Å². The van der Waals surface area contributed by atoms with Gasteiger partial charge in [-0.2, -0.15) is 4.98 Å². The molecule has 0 aliphatic heterocycles. The smallest absolute Gasteiger partial charge is 0.339 e. The molecule has 0 aliphatic rings. The number of esters is 1. The Labute approximate surface area is 105 Å². The van der Waals surface area contributed by atoms with Crippen LogP contribution in [0.4, 0.5) is 0 Å². The third-order valence-electron chi connectivity index (χ3n) is 2.25. The van der Waals surface area contributed by atoms with E-state index >= 15 is 0 Å². The fourth-order valence-electron chi connectivity index (χ4n) is 1.53. The highest BCUT2D eigenvalue weighted by molar-refractivity contribution is 5.96. The molecule has 0 fully saturated rings. The zero-order valence-corrected chi connectivity index (χ0v) is 10.5. The number of benzene rings is 1. The van der Waals surface area contributed by atoms with Crippen molar-refractivity contribution in [2.45, 2.75) is 26.9 Å².